The Morgan fingerprint density at radius 2 is 0.958 bits per heavy atom. The van der Waals surface area contributed by atoms with Gasteiger partial charge in [-0.05, 0) is 60.7 Å². The molecule has 3 aromatic carbocycles. The van der Waals surface area contributed by atoms with Crippen LogP contribution in [0.25, 0.3) is 0 Å². The summed E-state index contributed by atoms with van der Waals surface area (Å²) in [7, 11) is 0. The normalized spacial score (nSPS) is 9.58. The lowest BCUT2D eigenvalue weighted by Gasteiger charge is -2.09. The van der Waals surface area contributed by atoms with Crippen LogP contribution in [0.4, 0.5) is 0 Å². The maximum atomic E-state index is 5.82. The smallest absolute Gasteiger partial charge is 0.131 e. The minimum absolute atomic E-state index is 0.682. The standard InChI is InChI=1S/C22H14O2/c1-3-17-8-12-19(13-9-17)23-21-6-5-7-22(16-21)24-20-14-10-18(4-2)11-15-20/h1-2,5-16H. The second-order valence-electron chi connectivity index (χ2n) is 5.02. The minimum Gasteiger partial charge on any atom is -0.457 e. The van der Waals surface area contributed by atoms with Gasteiger partial charge < -0.3 is 9.47 Å². The molecular weight excluding hydrogens is 296 g/mol. The summed E-state index contributed by atoms with van der Waals surface area (Å²) in [6.07, 6.45) is 10.7. The maximum Gasteiger partial charge on any atom is 0.131 e. The Hall–Kier alpha value is -3.62. The van der Waals surface area contributed by atoms with Gasteiger partial charge in [0.05, 0.1) is 0 Å². The Morgan fingerprint density at radius 3 is 1.33 bits per heavy atom. The van der Waals surface area contributed by atoms with Crippen LogP contribution in [0.2, 0.25) is 0 Å². The topological polar surface area (TPSA) is 18.5 Å². The van der Waals surface area contributed by atoms with Crippen LogP contribution in [0, 0.1) is 24.7 Å². The van der Waals surface area contributed by atoms with Gasteiger partial charge in [0.15, 0.2) is 0 Å². The van der Waals surface area contributed by atoms with Crippen molar-refractivity contribution in [2.75, 3.05) is 0 Å². The molecule has 3 rings (SSSR count). The Labute approximate surface area is 141 Å². The van der Waals surface area contributed by atoms with Gasteiger partial charge in [0.1, 0.15) is 23.0 Å². The molecule has 0 atom stereocenters. The molecule has 0 N–H and O–H groups in total. The number of rotatable bonds is 4. The van der Waals surface area contributed by atoms with E-state index in [4.69, 9.17) is 22.3 Å². The molecule has 0 unspecified atom stereocenters. The zero-order chi connectivity index (χ0) is 16.8. The van der Waals surface area contributed by atoms with Crippen LogP contribution >= 0.6 is 0 Å². The van der Waals surface area contributed by atoms with E-state index in [-0.39, 0.29) is 0 Å². The third-order valence-corrected chi connectivity index (χ3v) is 3.32. The van der Waals surface area contributed by atoms with Crippen LogP contribution < -0.4 is 9.47 Å². The number of hydrogen-bond acceptors (Lipinski definition) is 2. The van der Waals surface area contributed by atoms with E-state index < -0.39 is 0 Å². The molecule has 114 valence electrons. The molecular formula is C22H14O2. The second-order valence-corrected chi connectivity index (χ2v) is 5.02. The predicted molar refractivity (Wildman–Crippen MR) is 95.3 cm³/mol. The van der Waals surface area contributed by atoms with E-state index in [0.29, 0.717) is 23.0 Å². The second kappa shape index (κ2) is 7.09. The summed E-state index contributed by atoms with van der Waals surface area (Å²) < 4.78 is 11.6. The highest BCUT2D eigenvalue weighted by molar-refractivity contribution is 5.43. The molecule has 0 spiro atoms. The Kier molecular flexibility index (Phi) is 4.52. The minimum atomic E-state index is 0.682. The van der Waals surface area contributed by atoms with Crippen molar-refractivity contribution >= 4 is 0 Å². The van der Waals surface area contributed by atoms with Gasteiger partial charge >= 0.3 is 0 Å². The van der Waals surface area contributed by atoms with Crippen LogP contribution in [0.15, 0.2) is 72.8 Å². The quantitative estimate of drug-likeness (QED) is 0.614. The molecule has 0 fully saturated rings. The van der Waals surface area contributed by atoms with Gasteiger partial charge in [0, 0.05) is 17.2 Å². The molecule has 0 radical (unpaired) electrons. The molecule has 0 amide bonds. The Balaban J connectivity index is 1.73. The summed E-state index contributed by atoms with van der Waals surface area (Å²) in [6.45, 7) is 0. The monoisotopic (exact) mass is 310 g/mol. The van der Waals surface area contributed by atoms with Crippen molar-refractivity contribution in [3.63, 3.8) is 0 Å². The number of terminal acetylenes is 2. The fourth-order valence-corrected chi connectivity index (χ4v) is 2.11. The lowest BCUT2D eigenvalue weighted by atomic mass is 10.2. The van der Waals surface area contributed by atoms with E-state index in [0.717, 1.165) is 11.1 Å². The molecule has 0 aliphatic heterocycles. The van der Waals surface area contributed by atoms with Gasteiger partial charge in [-0.25, -0.2) is 0 Å². The summed E-state index contributed by atoms with van der Waals surface area (Å²) in [5.41, 5.74) is 1.63. The van der Waals surface area contributed by atoms with Gasteiger partial charge in [-0.1, -0.05) is 17.9 Å². The molecule has 0 heterocycles. The van der Waals surface area contributed by atoms with Crippen LogP contribution in [0.3, 0.4) is 0 Å². The summed E-state index contributed by atoms with van der Waals surface area (Å²) in [6, 6.07) is 22.1. The molecule has 0 aromatic heterocycles. The van der Waals surface area contributed by atoms with Gasteiger partial charge in [0.25, 0.3) is 0 Å². The first kappa shape index (κ1) is 15.3. The molecule has 0 aliphatic rings. The van der Waals surface area contributed by atoms with Crippen LogP contribution in [-0.4, -0.2) is 0 Å². The molecule has 0 bridgehead atoms. The highest BCUT2D eigenvalue weighted by atomic mass is 16.5. The first-order valence-electron chi connectivity index (χ1n) is 7.36. The van der Waals surface area contributed by atoms with Crippen molar-refractivity contribution < 1.29 is 9.47 Å². The van der Waals surface area contributed by atoms with Crippen LogP contribution in [0.5, 0.6) is 23.0 Å². The average molecular weight is 310 g/mol. The van der Waals surface area contributed by atoms with Crippen molar-refractivity contribution in [1.29, 1.82) is 0 Å². The lowest BCUT2D eigenvalue weighted by molar-refractivity contribution is 0.460. The largest absolute Gasteiger partial charge is 0.457 e. The van der Waals surface area contributed by atoms with Gasteiger partial charge in [-0.15, -0.1) is 12.8 Å². The zero-order valence-corrected chi connectivity index (χ0v) is 12.9. The van der Waals surface area contributed by atoms with E-state index in [9.17, 15) is 0 Å². The molecule has 24 heavy (non-hydrogen) atoms. The number of benzene rings is 3. The van der Waals surface area contributed by atoms with Gasteiger partial charge in [-0.2, -0.15) is 0 Å². The lowest BCUT2D eigenvalue weighted by Crippen LogP contribution is -1.87. The van der Waals surface area contributed by atoms with E-state index in [1.54, 1.807) is 0 Å². The van der Waals surface area contributed by atoms with E-state index in [2.05, 4.69) is 11.8 Å². The highest BCUT2D eigenvalue weighted by Crippen LogP contribution is 2.28. The summed E-state index contributed by atoms with van der Waals surface area (Å²) >= 11 is 0. The van der Waals surface area contributed by atoms with Crippen molar-refractivity contribution in [3.8, 4) is 47.7 Å². The fourth-order valence-electron chi connectivity index (χ4n) is 2.11. The molecule has 0 aliphatic carbocycles. The molecule has 0 saturated carbocycles. The number of ether oxygens (including phenoxy) is 2. The summed E-state index contributed by atoms with van der Waals surface area (Å²) in [5, 5.41) is 0. The van der Waals surface area contributed by atoms with Crippen molar-refractivity contribution in [1.82, 2.24) is 0 Å². The molecule has 0 saturated heterocycles. The van der Waals surface area contributed by atoms with Crippen LogP contribution in [0.1, 0.15) is 11.1 Å². The molecule has 2 nitrogen and oxygen atoms in total. The van der Waals surface area contributed by atoms with Crippen molar-refractivity contribution in [2.24, 2.45) is 0 Å². The predicted octanol–water partition coefficient (Wildman–Crippen LogP) is 5.23. The first-order chi connectivity index (χ1) is 11.8. The van der Waals surface area contributed by atoms with Gasteiger partial charge in [-0.3, -0.25) is 0 Å². The fraction of sp³-hybridized carbons (Fsp3) is 0. The first-order valence-corrected chi connectivity index (χ1v) is 7.36. The SMILES string of the molecule is C#Cc1ccc(Oc2cccc(Oc3ccc(C#C)cc3)c2)cc1. The van der Waals surface area contributed by atoms with E-state index in [1.807, 2.05) is 72.8 Å². The van der Waals surface area contributed by atoms with Crippen molar-refractivity contribution in [2.45, 2.75) is 0 Å². The maximum absolute atomic E-state index is 5.82. The zero-order valence-electron chi connectivity index (χ0n) is 12.9. The molecule has 3 aromatic rings. The number of hydrogen-bond donors (Lipinski definition) is 0. The van der Waals surface area contributed by atoms with Gasteiger partial charge in [0.2, 0.25) is 0 Å². The Bertz CT molecular complexity index is 833. The Morgan fingerprint density at radius 1 is 0.542 bits per heavy atom. The third-order valence-electron chi connectivity index (χ3n) is 3.32. The summed E-state index contributed by atoms with van der Waals surface area (Å²) in [5.74, 6) is 7.94. The van der Waals surface area contributed by atoms with Crippen molar-refractivity contribution in [3.05, 3.63) is 83.9 Å². The van der Waals surface area contributed by atoms with E-state index >= 15 is 0 Å². The van der Waals surface area contributed by atoms with E-state index in [1.165, 1.54) is 0 Å². The highest BCUT2D eigenvalue weighted by Gasteiger charge is 2.02. The third kappa shape index (κ3) is 3.77. The van der Waals surface area contributed by atoms with Crippen LogP contribution in [-0.2, 0) is 0 Å². The average Bonchev–Trinajstić information content (AvgIpc) is 2.63. The molecule has 2 heteroatoms. The summed E-state index contributed by atoms with van der Waals surface area (Å²) in [4.78, 5) is 0.